The Morgan fingerprint density at radius 1 is 1.25 bits per heavy atom. The normalized spacial score (nSPS) is 34.2. The van der Waals surface area contributed by atoms with Gasteiger partial charge in [0.05, 0.1) is 0 Å². The molecule has 1 aromatic carbocycles. The molecule has 86 valence electrons. The van der Waals surface area contributed by atoms with Crippen molar-refractivity contribution < 1.29 is 0 Å². The summed E-state index contributed by atoms with van der Waals surface area (Å²) in [5.74, 6) is 0.888. The van der Waals surface area contributed by atoms with Crippen LogP contribution >= 0.6 is 0 Å². The first kappa shape index (κ1) is 10.3. The van der Waals surface area contributed by atoms with Gasteiger partial charge < -0.3 is 5.32 Å². The van der Waals surface area contributed by atoms with Gasteiger partial charge in [-0.2, -0.15) is 0 Å². The maximum Gasteiger partial charge on any atom is 0.0267 e. The van der Waals surface area contributed by atoms with E-state index in [-0.39, 0.29) is 0 Å². The largest absolute Gasteiger partial charge is 0.315 e. The lowest BCUT2D eigenvalue weighted by Crippen LogP contribution is -2.37. The Hall–Kier alpha value is -0.860. The SMILES string of the molecule is C[C@@H]1C[C@@H]2CNC[C@H]2N1Cc1ccccc1. The summed E-state index contributed by atoms with van der Waals surface area (Å²) in [6, 6.07) is 12.4. The van der Waals surface area contributed by atoms with Crippen molar-refractivity contribution in [3.8, 4) is 0 Å². The number of fused-ring (bicyclic) bond motifs is 1. The molecule has 0 aliphatic carbocycles. The lowest BCUT2D eigenvalue weighted by molar-refractivity contribution is 0.195. The Bertz CT molecular complexity index is 349. The molecule has 2 aliphatic rings. The molecule has 0 spiro atoms. The predicted molar refractivity (Wildman–Crippen MR) is 66.2 cm³/mol. The molecule has 16 heavy (non-hydrogen) atoms. The quantitative estimate of drug-likeness (QED) is 0.812. The van der Waals surface area contributed by atoms with Crippen molar-refractivity contribution in [3.05, 3.63) is 35.9 Å². The van der Waals surface area contributed by atoms with Gasteiger partial charge in [0.15, 0.2) is 0 Å². The van der Waals surface area contributed by atoms with Gasteiger partial charge >= 0.3 is 0 Å². The molecule has 1 N–H and O–H groups in total. The summed E-state index contributed by atoms with van der Waals surface area (Å²) in [6.45, 7) is 5.90. The highest BCUT2D eigenvalue weighted by atomic mass is 15.3. The van der Waals surface area contributed by atoms with Gasteiger partial charge in [-0.3, -0.25) is 4.90 Å². The monoisotopic (exact) mass is 216 g/mol. The highest BCUT2D eigenvalue weighted by molar-refractivity contribution is 5.15. The van der Waals surface area contributed by atoms with E-state index < -0.39 is 0 Å². The van der Waals surface area contributed by atoms with Gasteiger partial charge in [-0.25, -0.2) is 0 Å². The first-order valence-electron chi connectivity index (χ1n) is 6.35. The number of likely N-dealkylation sites (tertiary alicyclic amines) is 1. The predicted octanol–water partition coefficient (Wildman–Crippen LogP) is 1.87. The molecule has 2 saturated heterocycles. The van der Waals surface area contributed by atoms with Gasteiger partial charge in [0, 0.05) is 25.2 Å². The maximum absolute atomic E-state index is 3.52. The van der Waals surface area contributed by atoms with Gasteiger partial charge in [0.1, 0.15) is 0 Å². The van der Waals surface area contributed by atoms with Gasteiger partial charge in [-0.05, 0) is 31.4 Å². The van der Waals surface area contributed by atoms with E-state index in [1.165, 1.54) is 25.1 Å². The van der Waals surface area contributed by atoms with Crippen molar-refractivity contribution in [2.75, 3.05) is 13.1 Å². The van der Waals surface area contributed by atoms with Crippen LogP contribution in [0.25, 0.3) is 0 Å². The fourth-order valence-corrected chi connectivity index (χ4v) is 3.32. The molecule has 0 aromatic heterocycles. The fraction of sp³-hybridized carbons (Fsp3) is 0.571. The van der Waals surface area contributed by atoms with Crippen LogP contribution in [0.2, 0.25) is 0 Å². The number of nitrogens with zero attached hydrogens (tertiary/aromatic N) is 1. The second kappa shape index (κ2) is 4.19. The van der Waals surface area contributed by atoms with Gasteiger partial charge in [0.2, 0.25) is 0 Å². The van der Waals surface area contributed by atoms with Crippen LogP contribution in [0.1, 0.15) is 18.9 Å². The van der Waals surface area contributed by atoms with Crippen molar-refractivity contribution in [1.29, 1.82) is 0 Å². The fourth-order valence-electron chi connectivity index (χ4n) is 3.32. The molecule has 2 heterocycles. The van der Waals surface area contributed by atoms with Crippen molar-refractivity contribution in [3.63, 3.8) is 0 Å². The third-order valence-corrected chi connectivity index (χ3v) is 4.15. The van der Waals surface area contributed by atoms with Crippen LogP contribution in [0.3, 0.4) is 0 Å². The summed E-state index contributed by atoms with van der Waals surface area (Å²) >= 11 is 0. The topological polar surface area (TPSA) is 15.3 Å². The molecular formula is C14H20N2. The van der Waals surface area contributed by atoms with Crippen LogP contribution in [0.15, 0.2) is 30.3 Å². The minimum Gasteiger partial charge on any atom is -0.315 e. The molecule has 2 nitrogen and oxygen atoms in total. The van der Waals surface area contributed by atoms with E-state index >= 15 is 0 Å². The van der Waals surface area contributed by atoms with E-state index in [9.17, 15) is 0 Å². The summed E-state index contributed by atoms with van der Waals surface area (Å²) < 4.78 is 0. The molecule has 2 fully saturated rings. The zero-order valence-electron chi connectivity index (χ0n) is 9.89. The van der Waals surface area contributed by atoms with E-state index in [1.54, 1.807) is 0 Å². The average molecular weight is 216 g/mol. The Morgan fingerprint density at radius 3 is 2.88 bits per heavy atom. The number of hydrogen-bond donors (Lipinski definition) is 1. The molecule has 0 amide bonds. The lowest BCUT2D eigenvalue weighted by atomic mass is 10.0. The highest BCUT2D eigenvalue weighted by Crippen LogP contribution is 2.33. The smallest absolute Gasteiger partial charge is 0.0267 e. The molecule has 2 aliphatic heterocycles. The molecule has 1 aromatic rings. The van der Waals surface area contributed by atoms with Gasteiger partial charge in [-0.1, -0.05) is 30.3 Å². The molecular weight excluding hydrogens is 196 g/mol. The minimum atomic E-state index is 0.748. The summed E-state index contributed by atoms with van der Waals surface area (Å²) in [5, 5.41) is 3.52. The van der Waals surface area contributed by atoms with E-state index in [2.05, 4.69) is 47.5 Å². The van der Waals surface area contributed by atoms with Crippen LogP contribution in [-0.2, 0) is 6.54 Å². The summed E-state index contributed by atoms with van der Waals surface area (Å²) in [5.41, 5.74) is 1.45. The zero-order valence-corrected chi connectivity index (χ0v) is 9.89. The number of rotatable bonds is 2. The van der Waals surface area contributed by atoms with Crippen LogP contribution in [0.5, 0.6) is 0 Å². The standard InChI is InChI=1S/C14H20N2/c1-11-7-13-8-15-9-14(13)16(11)10-12-5-3-2-4-6-12/h2-6,11,13-15H,7-10H2,1H3/t11-,13-,14-/m1/s1. The van der Waals surface area contributed by atoms with Crippen LogP contribution in [0.4, 0.5) is 0 Å². The lowest BCUT2D eigenvalue weighted by Gasteiger charge is -2.27. The van der Waals surface area contributed by atoms with Crippen LogP contribution in [-0.4, -0.2) is 30.1 Å². The third kappa shape index (κ3) is 1.76. The van der Waals surface area contributed by atoms with E-state index in [0.717, 1.165) is 24.5 Å². The number of hydrogen-bond acceptors (Lipinski definition) is 2. The maximum atomic E-state index is 3.52. The van der Waals surface area contributed by atoms with Crippen molar-refractivity contribution in [2.45, 2.75) is 32.0 Å². The molecule has 0 saturated carbocycles. The second-order valence-corrected chi connectivity index (χ2v) is 5.23. The average Bonchev–Trinajstić information content (AvgIpc) is 2.84. The molecule has 2 heteroatoms. The Kier molecular flexibility index (Phi) is 2.70. The first-order chi connectivity index (χ1) is 7.84. The number of nitrogens with one attached hydrogen (secondary N) is 1. The summed E-state index contributed by atoms with van der Waals surface area (Å²) in [4.78, 5) is 2.68. The Labute approximate surface area is 97.6 Å². The van der Waals surface area contributed by atoms with Crippen LogP contribution < -0.4 is 5.32 Å². The molecule has 0 unspecified atom stereocenters. The molecule has 3 atom stereocenters. The Balaban J connectivity index is 1.74. The summed E-state index contributed by atoms with van der Waals surface area (Å²) in [7, 11) is 0. The third-order valence-electron chi connectivity index (χ3n) is 4.15. The molecule has 3 rings (SSSR count). The zero-order chi connectivity index (χ0) is 11.0. The second-order valence-electron chi connectivity index (χ2n) is 5.23. The Morgan fingerprint density at radius 2 is 2.06 bits per heavy atom. The molecule has 0 bridgehead atoms. The van der Waals surface area contributed by atoms with Crippen molar-refractivity contribution in [1.82, 2.24) is 10.2 Å². The van der Waals surface area contributed by atoms with Crippen molar-refractivity contribution in [2.24, 2.45) is 5.92 Å². The van der Waals surface area contributed by atoms with Gasteiger partial charge in [0.25, 0.3) is 0 Å². The van der Waals surface area contributed by atoms with Crippen LogP contribution in [0, 0.1) is 5.92 Å². The van der Waals surface area contributed by atoms with E-state index in [4.69, 9.17) is 0 Å². The first-order valence-corrected chi connectivity index (χ1v) is 6.35. The van der Waals surface area contributed by atoms with Crippen molar-refractivity contribution >= 4 is 0 Å². The van der Waals surface area contributed by atoms with Gasteiger partial charge in [-0.15, -0.1) is 0 Å². The molecule has 0 radical (unpaired) electrons. The van der Waals surface area contributed by atoms with E-state index in [1.807, 2.05) is 0 Å². The minimum absolute atomic E-state index is 0.748. The number of benzene rings is 1. The summed E-state index contributed by atoms with van der Waals surface area (Å²) in [6.07, 6.45) is 1.37. The highest BCUT2D eigenvalue weighted by Gasteiger charge is 2.41. The van der Waals surface area contributed by atoms with E-state index in [0.29, 0.717) is 0 Å².